The lowest BCUT2D eigenvalue weighted by Crippen LogP contribution is -2.53. The molecule has 0 unspecified atom stereocenters. The average molecular weight is 868 g/mol. The largest absolute Gasteiger partial charge is 0.462 e. The van der Waals surface area contributed by atoms with E-state index in [0.29, 0.717) is 57.0 Å². The van der Waals surface area contributed by atoms with E-state index in [1.165, 1.54) is 26.7 Å². The molecule has 61 heavy (non-hydrogen) atoms. The lowest BCUT2D eigenvalue weighted by molar-refractivity contribution is -0.141. The Morgan fingerprint density at radius 1 is 0.951 bits per heavy atom. The molecule has 0 bridgehead atoms. The van der Waals surface area contributed by atoms with Gasteiger partial charge in [-0.15, -0.1) is 5.10 Å². The second-order valence-corrected chi connectivity index (χ2v) is 15.5. The summed E-state index contributed by atoms with van der Waals surface area (Å²) in [7, 11) is 0. The summed E-state index contributed by atoms with van der Waals surface area (Å²) in [5.41, 5.74) is 4.43. The van der Waals surface area contributed by atoms with Gasteiger partial charge in [-0.3, -0.25) is 14.6 Å². The minimum Gasteiger partial charge on any atom is -0.462 e. The molecule has 3 N–H and O–H groups in total. The first kappa shape index (κ1) is 43.0. The van der Waals surface area contributed by atoms with Crippen LogP contribution in [0.4, 0.5) is 29.5 Å². The summed E-state index contributed by atoms with van der Waals surface area (Å²) in [6, 6.07) is 14.1. The van der Waals surface area contributed by atoms with E-state index in [-0.39, 0.29) is 60.9 Å². The van der Waals surface area contributed by atoms with Crippen molar-refractivity contribution in [1.29, 1.82) is 0 Å². The van der Waals surface area contributed by atoms with Gasteiger partial charge in [-0.05, 0) is 55.5 Å². The number of esters is 1. The Morgan fingerprint density at radius 2 is 1.69 bits per heavy atom. The Labute approximate surface area is 353 Å². The predicted molar refractivity (Wildman–Crippen MR) is 217 cm³/mol. The van der Waals surface area contributed by atoms with Gasteiger partial charge in [0.05, 0.1) is 34.5 Å². The summed E-state index contributed by atoms with van der Waals surface area (Å²) in [5, 5.41) is 4.11. The lowest BCUT2D eigenvalue weighted by Gasteiger charge is -2.37. The summed E-state index contributed by atoms with van der Waals surface area (Å²) < 4.78 is 54.2. The minimum atomic E-state index is -4.83. The van der Waals surface area contributed by atoms with E-state index >= 15 is 0 Å². The third-order valence-electron chi connectivity index (χ3n) is 11.1. The number of likely N-dealkylation sites (tertiary alicyclic amines) is 2. The maximum atomic E-state index is 14.1. The molecule has 3 amide bonds. The first-order chi connectivity index (χ1) is 29.2. The van der Waals surface area contributed by atoms with Crippen LogP contribution in [-0.2, 0) is 31.7 Å². The molecule has 324 valence electrons. The average Bonchev–Trinajstić information content (AvgIpc) is 3.87. The van der Waals surface area contributed by atoms with Crippen molar-refractivity contribution >= 4 is 47.0 Å². The van der Waals surface area contributed by atoms with Gasteiger partial charge in [0.2, 0.25) is 5.91 Å². The number of aromatic nitrogens is 4. The Balaban J connectivity index is 0.975. The second-order valence-electron chi connectivity index (χ2n) is 15.1. The molecule has 7 rings (SSSR count). The topological polar surface area (TPSA) is 189 Å². The summed E-state index contributed by atoms with van der Waals surface area (Å²) >= 11 is 6.12. The molecular formula is C41H45ClF3N9O7. The highest BCUT2D eigenvalue weighted by Gasteiger charge is 2.37. The van der Waals surface area contributed by atoms with Crippen LogP contribution in [0.3, 0.4) is 0 Å². The molecule has 5 heterocycles. The SMILES string of the molecule is Nc1c(Cl)cc(C[C@@H](OC(=O)N2CCC(n3nc(-c4ccccc4)[nH]c3=O)CC2)C(=O)N2CCN(c3ccc(C(=O)OCCCN4CCCC4=O)cn3)CC2)cc1C(F)(F)F. The fourth-order valence-electron chi connectivity index (χ4n) is 7.72. The van der Waals surface area contributed by atoms with Crippen LogP contribution in [0, 0.1) is 0 Å². The molecule has 3 aliphatic heterocycles. The molecule has 4 aromatic rings. The van der Waals surface area contributed by atoms with Crippen LogP contribution < -0.4 is 16.3 Å². The number of alkyl halides is 3. The summed E-state index contributed by atoms with van der Waals surface area (Å²) in [4.78, 5) is 78.6. The molecule has 3 aliphatic rings. The number of aromatic amines is 1. The van der Waals surface area contributed by atoms with Gasteiger partial charge in [-0.1, -0.05) is 41.9 Å². The third-order valence-corrected chi connectivity index (χ3v) is 11.4. The number of hydrogen-bond donors (Lipinski definition) is 2. The third kappa shape index (κ3) is 10.3. The number of benzene rings is 2. The quantitative estimate of drug-likeness (QED) is 0.113. The number of pyridine rings is 1. The molecule has 20 heteroatoms. The zero-order valence-electron chi connectivity index (χ0n) is 33.1. The number of carbonyl (C=O) groups is 4. The number of hydrogen-bond acceptors (Lipinski definition) is 11. The van der Waals surface area contributed by atoms with Crippen molar-refractivity contribution in [3.63, 3.8) is 0 Å². The van der Waals surface area contributed by atoms with Crippen LogP contribution in [-0.4, -0.2) is 123 Å². The van der Waals surface area contributed by atoms with E-state index in [1.54, 1.807) is 17.0 Å². The molecule has 3 saturated heterocycles. The van der Waals surface area contributed by atoms with Crippen molar-refractivity contribution in [2.75, 3.05) is 69.6 Å². The number of rotatable bonds is 12. The van der Waals surface area contributed by atoms with Crippen LogP contribution in [0.1, 0.15) is 59.6 Å². The number of piperazine rings is 1. The fourth-order valence-corrected chi connectivity index (χ4v) is 7.96. The van der Waals surface area contributed by atoms with Gasteiger partial charge in [0.25, 0.3) is 5.91 Å². The minimum absolute atomic E-state index is 0.00773. The van der Waals surface area contributed by atoms with Crippen molar-refractivity contribution < 1.29 is 41.8 Å². The highest BCUT2D eigenvalue weighted by atomic mass is 35.5. The molecule has 1 atom stereocenters. The first-order valence-corrected chi connectivity index (χ1v) is 20.4. The molecule has 2 aromatic carbocycles. The maximum absolute atomic E-state index is 14.1. The zero-order chi connectivity index (χ0) is 43.3. The number of nitrogen functional groups attached to an aromatic ring is 1. The van der Waals surface area contributed by atoms with Gasteiger partial charge in [0, 0.05) is 77.0 Å². The van der Waals surface area contributed by atoms with E-state index in [4.69, 9.17) is 26.8 Å². The van der Waals surface area contributed by atoms with Gasteiger partial charge < -0.3 is 34.8 Å². The van der Waals surface area contributed by atoms with E-state index in [1.807, 2.05) is 35.2 Å². The molecule has 0 aliphatic carbocycles. The number of nitrogens with one attached hydrogen (secondary N) is 1. The summed E-state index contributed by atoms with van der Waals surface area (Å²) in [6.45, 7) is 2.71. The van der Waals surface area contributed by atoms with Gasteiger partial charge in [-0.25, -0.2) is 24.0 Å². The number of anilines is 2. The highest BCUT2D eigenvalue weighted by molar-refractivity contribution is 6.33. The molecule has 0 radical (unpaired) electrons. The molecule has 0 saturated carbocycles. The van der Waals surface area contributed by atoms with E-state index in [9.17, 15) is 37.1 Å². The highest BCUT2D eigenvalue weighted by Crippen LogP contribution is 2.38. The molecule has 16 nitrogen and oxygen atoms in total. The number of piperidine rings is 1. The van der Waals surface area contributed by atoms with Crippen LogP contribution >= 0.6 is 11.6 Å². The first-order valence-electron chi connectivity index (χ1n) is 20.0. The van der Waals surface area contributed by atoms with Crippen molar-refractivity contribution in [3.05, 3.63) is 93.0 Å². The van der Waals surface area contributed by atoms with Crippen molar-refractivity contribution in [2.24, 2.45) is 0 Å². The number of carbonyl (C=O) groups excluding carboxylic acids is 4. The maximum Gasteiger partial charge on any atom is 0.418 e. The molecule has 0 spiro atoms. The number of ether oxygens (including phenoxy) is 2. The standard InChI is InChI=1S/C41H45ClF3N9O7/c42-31-23-26(22-30(35(31)46)41(43,44)45)24-32(61-40(59)53-15-11-29(12-16-53)54-39(58)48-36(49-54)27-6-2-1-3-7-27)37(56)52-19-17-50(18-20-52)33-10-9-28(25-47-33)38(57)60-21-5-14-51-13-4-8-34(51)55/h1-3,6-7,9-10,22-23,25,29,32H,4-5,8,11-21,24,46H2,(H,48,49,58)/t32-/m1/s1. The number of H-pyrrole nitrogens is 1. The van der Waals surface area contributed by atoms with Crippen LogP contribution in [0.5, 0.6) is 0 Å². The Hall–Kier alpha value is -6.11. The van der Waals surface area contributed by atoms with Gasteiger partial charge >= 0.3 is 23.9 Å². The Kier molecular flexibility index (Phi) is 13.1. The van der Waals surface area contributed by atoms with Crippen molar-refractivity contribution in [2.45, 2.75) is 56.8 Å². The van der Waals surface area contributed by atoms with Gasteiger partial charge in [0.15, 0.2) is 11.9 Å². The number of nitrogens with zero attached hydrogens (tertiary/aromatic N) is 7. The second kappa shape index (κ2) is 18.7. The van der Waals surface area contributed by atoms with Crippen molar-refractivity contribution in [1.82, 2.24) is 34.4 Å². The van der Waals surface area contributed by atoms with Gasteiger partial charge in [-0.2, -0.15) is 13.2 Å². The van der Waals surface area contributed by atoms with E-state index in [0.717, 1.165) is 24.6 Å². The Bertz CT molecular complexity index is 2270. The zero-order valence-corrected chi connectivity index (χ0v) is 33.9. The molecule has 3 fully saturated rings. The monoisotopic (exact) mass is 867 g/mol. The fraction of sp³-hybridized carbons (Fsp3) is 0.439. The lowest BCUT2D eigenvalue weighted by atomic mass is 10.0. The summed E-state index contributed by atoms with van der Waals surface area (Å²) in [6.07, 6.45) is -3.57. The molecular weight excluding hydrogens is 823 g/mol. The van der Waals surface area contributed by atoms with Crippen LogP contribution in [0.2, 0.25) is 5.02 Å². The van der Waals surface area contributed by atoms with Gasteiger partial charge in [0.1, 0.15) is 5.82 Å². The number of halogens is 4. The van der Waals surface area contributed by atoms with E-state index < -0.39 is 53.6 Å². The van der Waals surface area contributed by atoms with Crippen molar-refractivity contribution in [3.8, 4) is 11.4 Å². The summed E-state index contributed by atoms with van der Waals surface area (Å²) in [5.74, 6) is -0.0760. The number of amides is 3. The smallest absolute Gasteiger partial charge is 0.418 e. The normalized spacial score (nSPS) is 16.8. The van der Waals surface area contributed by atoms with E-state index in [2.05, 4.69) is 15.1 Å². The van der Waals surface area contributed by atoms with Crippen LogP contribution in [0.15, 0.2) is 65.6 Å². The van der Waals surface area contributed by atoms with Crippen LogP contribution in [0.25, 0.3) is 11.4 Å². The Morgan fingerprint density at radius 3 is 2.34 bits per heavy atom. The molecule has 2 aromatic heterocycles. The predicted octanol–water partition coefficient (Wildman–Crippen LogP) is 4.79. The number of nitrogens with two attached hydrogens (primary N) is 1.